The van der Waals surface area contributed by atoms with Crippen LogP contribution in [0.1, 0.15) is 33.4 Å². The molecule has 4 heteroatoms. The highest BCUT2D eigenvalue weighted by atomic mass is 16.3. The van der Waals surface area contributed by atoms with Crippen LogP contribution in [0.5, 0.6) is 0 Å². The maximum Gasteiger partial charge on any atom is 0.135 e. The molecule has 1 spiro atoms. The van der Waals surface area contributed by atoms with E-state index in [1.165, 1.54) is 49.7 Å². The first-order valence-electron chi connectivity index (χ1n) is 19.3. The summed E-state index contributed by atoms with van der Waals surface area (Å²) in [4.78, 5) is 4.40. The molecule has 1 aliphatic heterocycles. The highest BCUT2D eigenvalue weighted by molar-refractivity contribution is 6.17. The average molecular weight is 728 g/mol. The second kappa shape index (κ2) is 11.7. The molecule has 10 aromatic rings. The van der Waals surface area contributed by atoms with Gasteiger partial charge in [-0.25, -0.2) is 0 Å². The molecule has 0 radical (unpaired) electrons. The summed E-state index contributed by atoms with van der Waals surface area (Å²) in [6.07, 6.45) is 1.86. The molecule has 266 valence electrons. The minimum atomic E-state index is -0.645. The number of nitrogens with zero attached hydrogens (tertiary/aromatic N) is 2. The lowest BCUT2D eigenvalue weighted by molar-refractivity contribution is 0.669. The largest absolute Gasteiger partial charge is 0.456 e. The molecule has 12 rings (SSSR count). The molecule has 0 amide bonds. The minimum absolute atomic E-state index is 0.384. The van der Waals surface area contributed by atoms with Gasteiger partial charge in [-0.2, -0.15) is 0 Å². The summed E-state index contributed by atoms with van der Waals surface area (Å²) < 4.78 is 8.69. The van der Waals surface area contributed by atoms with E-state index in [2.05, 4.69) is 150 Å². The third kappa shape index (κ3) is 4.21. The Kier molecular flexibility index (Phi) is 6.53. The van der Waals surface area contributed by atoms with Crippen LogP contribution < -0.4 is 0 Å². The number of furan rings is 1. The Morgan fingerprint density at radius 2 is 1.26 bits per heavy atom. The Morgan fingerprint density at radius 1 is 0.579 bits per heavy atom. The van der Waals surface area contributed by atoms with Crippen LogP contribution in [0, 0.1) is 5.41 Å². The van der Waals surface area contributed by atoms with Crippen molar-refractivity contribution in [3.8, 4) is 27.9 Å². The molecule has 0 saturated heterocycles. The van der Waals surface area contributed by atoms with Gasteiger partial charge in [0, 0.05) is 32.7 Å². The summed E-state index contributed by atoms with van der Waals surface area (Å²) in [5, 5.41) is 14.4. The fraction of sp³-hybridized carbons (Fsp3) is 0.0189. The van der Waals surface area contributed by atoms with Crippen LogP contribution in [-0.4, -0.2) is 17.0 Å². The standard InChI is InChI=1S/C53H33N3O/c1-55-46(32-13-3-2-4-14-32)31-45(54)38-18-12-20-43-51(38)40-30-33(34-26-28-50-39(29-34)36-16-6-10-24-49(36)57-50)25-27-41(40)53(43)42-19-7-9-23-48(42)56-47-22-8-5-15-35(47)37-17-11-21-44(53)52(37)56/h2-31,54H,1H2/b46-31-,54-45?. The molecule has 8 aromatic carbocycles. The first-order valence-corrected chi connectivity index (χ1v) is 19.3. The number of hydrogen-bond donors (Lipinski definition) is 1. The normalized spacial score (nSPS) is 15.3. The van der Waals surface area contributed by atoms with E-state index in [9.17, 15) is 5.41 Å². The number of rotatable bonds is 5. The third-order valence-electron chi connectivity index (χ3n) is 12.3. The van der Waals surface area contributed by atoms with Gasteiger partial charge in [-0.05, 0) is 93.7 Å². The summed E-state index contributed by atoms with van der Waals surface area (Å²) in [6.45, 7) is 3.90. The fourth-order valence-electron chi connectivity index (χ4n) is 10.0. The third-order valence-corrected chi connectivity index (χ3v) is 12.3. The first kappa shape index (κ1) is 31.8. The van der Waals surface area contributed by atoms with Crippen molar-refractivity contribution < 1.29 is 4.42 Å². The number of nitrogens with one attached hydrogen (secondary N) is 1. The van der Waals surface area contributed by atoms with E-state index in [1.807, 2.05) is 48.5 Å². The van der Waals surface area contributed by atoms with Crippen LogP contribution in [0.15, 0.2) is 191 Å². The second-order valence-corrected chi connectivity index (χ2v) is 15.1. The number of aliphatic imine (C=N–C) groups is 1. The molecule has 1 N–H and O–H groups in total. The molecule has 0 fully saturated rings. The van der Waals surface area contributed by atoms with Crippen molar-refractivity contribution in [2.24, 2.45) is 4.99 Å². The Hall–Kier alpha value is -7.56. The molecule has 2 aliphatic rings. The van der Waals surface area contributed by atoms with Gasteiger partial charge in [0.05, 0.1) is 33.5 Å². The molecule has 0 saturated carbocycles. The number of fused-ring (bicyclic) bond motifs is 15. The quantitative estimate of drug-likeness (QED) is 0.176. The molecule has 57 heavy (non-hydrogen) atoms. The Labute approximate surface area is 328 Å². The molecule has 2 aromatic heterocycles. The van der Waals surface area contributed by atoms with E-state index < -0.39 is 5.41 Å². The van der Waals surface area contributed by atoms with Gasteiger partial charge in [0.2, 0.25) is 0 Å². The van der Waals surface area contributed by atoms with Crippen LogP contribution in [-0.2, 0) is 5.41 Å². The van der Waals surface area contributed by atoms with E-state index in [-0.39, 0.29) is 0 Å². The van der Waals surface area contributed by atoms with Crippen molar-refractivity contribution in [2.75, 3.05) is 0 Å². The molecule has 0 bridgehead atoms. The number of allylic oxidation sites excluding steroid dienone is 1. The minimum Gasteiger partial charge on any atom is -0.456 e. The van der Waals surface area contributed by atoms with Gasteiger partial charge in [0.25, 0.3) is 0 Å². The zero-order chi connectivity index (χ0) is 37.8. The predicted octanol–water partition coefficient (Wildman–Crippen LogP) is 13.1. The smallest absolute Gasteiger partial charge is 0.135 e. The van der Waals surface area contributed by atoms with E-state index >= 15 is 0 Å². The number of para-hydroxylation sites is 4. The van der Waals surface area contributed by atoms with Crippen LogP contribution in [0.2, 0.25) is 0 Å². The highest BCUT2D eigenvalue weighted by Gasteiger charge is 2.51. The summed E-state index contributed by atoms with van der Waals surface area (Å²) >= 11 is 0. The predicted molar refractivity (Wildman–Crippen MR) is 235 cm³/mol. The number of aromatic nitrogens is 1. The van der Waals surface area contributed by atoms with Gasteiger partial charge in [0.15, 0.2) is 0 Å². The van der Waals surface area contributed by atoms with Crippen LogP contribution in [0.3, 0.4) is 0 Å². The van der Waals surface area contributed by atoms with Gasteiger partial charge >= 0.3 is 0 Å². The van der Waals surface area contributed by atoms with Gasteiger partial charge in [-0.3, -0.25) is 4.99 Å². The average Bonchev–Trinajstić information content (AvgIpc) is 3.91. The van der Waals surface area contributed by atoms with Crippen molar-refractivity contribution in [3.63, 3.8) is 0 Å². The monoisotopic (exact) mass is 727 g/mol. The Balaban J connectivity index is 1.18. The zero-order valence-electron chi connectivity index (χ0n) is 30.8. The zero-order valence-corrected chi connectivity index (χ0v) is 30.8. The van der Waals surface area contributed by atoms with Crippen molar-refractivity contribution >= 4 is 61.9 Å². The molecular weight excluding hydrogens is 695 g/mol. The maximum absolute atomic E-state index is 9.76. The maximum atomic E-state index is 9.76. The van der Waals surface area contributed by atoms with Crippen molar-refractivity contribution in [3.05, 3.63) is 215 Å². The number of benzene rings is 8. The molecule has 4 nitrogen and oxygen atoms in total. The Bertz CT molecular complexity index is 3400. The SMILES string of the molecule is C=N/C(=C\C(=N)c1cccc2c1-c1cc(-c3ccc4oc5ccccc5c4c3)ccc1C21c2ccccc2-n2c3ccccc3c3cccc1c32)c1ccccc1. The fourth-order valence-corrected chi connectivity index (χ4v) is 10.0. The lowest BCUT2D eigenvalue weighted by Gasteiger charge is -2.39. The lowest BCUT2D eigenvalue weighted by atomic mass is 9.65. The number of hydrogen-bond acceptors (Lipinski definition) is 3. The van der Waals surface area contributed by atoms with Crippen molar-refractivity contribution in [1.82, 2.24) is 4.57 Å². The second-order valence-electron chi connectivity index (χ2n) is 15.1. The molecule has 1 aliphatic carbocycles. The molecular formula is C53H33N3O. The molecule has 3 heterocycles. The van der Waals surface area contributed by atoms with Crippen LogP contribution in [0.25, 0.3) is 77.4 Å². The molecule has 1 unspecified atom stereocenters. The van der Waals surface area contributed by atoms with E-state index in [0.29, 0.717) is 11.4 Å². The van der Waals surface area contributed by atoms with Crippen LogP contribution in [0.4, 0.5) is 0 Å². The van der Waals surface area contributed by atoms with Crippen molar-refractivity contribution in [2.45, 2.75) is 5.41 Å². The van der Waals surface area contributed by atoms with Gasteiger partial charge in [-0.1, -0.05) is 140 Å². The van der Waals surface area contributed by atoms with E-state index in [1.54, 1.807) is 0 Å². The first-order chi connectivity index (χ1) is 28.1. The summed E-state index contributed by atoms with van der Waals surface area (Å²) in [7, 11) is 0. The highest BCUT2D eigenvalue weighted by Crippen LogP contribution is 2.62. The van der Waals surface area contributed by atoms with E-state index in [0.717, 1.165) is 55.3 Å². The van der Waals surface area contributed by atoms with Gasteiger partial charge in [0.1, 0.15) is 11.2 Å². The topological polar surface area (TPSA) is 54.3 Å². The van der Waals surface area contributed by atoms with Crippen LogP contribution >= 0.6 is 0 Å². The Morgan fingerprint density at radius 3 is 2.16 bits per heavy atom. The summed E-state index contributed by atoms with van der Waals surface area (Å²) in [5.41, 5.74) is 16.8. The van der Waals surface area contributed by atoms with Crippen molar-refractivity contribution in [1.29, 1.82) is 5.41 Å². The summed E-state index contributed by atoms with van der Waals surface area (Å²) in [6, 6.07) is 62.7. The summed E-state index contributed by atoms with van der Waals surface area (Å²) in [5.74, 6) is 0. The lowest BCUT2D eigenvalue weighted by Crippen LogP contribution is -2.33. The van der Waals surface area contributed by atoms with Gasteiger partial charge in [-0.15, -0.1) is 0 Å². The molecule has 1 atom stereocenters. The van der Waals surface area contributed by atoms with Gasteiger partial charge < -0.3 is 14.4 Å². The van der Waals surface area contributed by atoms with E-state index in [4.69, 9.17) is 4.42 Å².